The van der Waals surface area contributed by atoms with Crippen molar-refractivity contribution >= 4 is 17.7 Å². The summed E-state index contributed by atoms with van der Waals surface area (Å²) in [5.74, 6) is -0.576. The monoisotopic (exact) mass is 311 g/mol. The van der Waals surface area contributed by atoms with Crippen molar-refractivity contribution in [1.29, 1.82) is 0 Å². The lowest BCUT2D eigenvalue weighted by Crippen LogP contribution is -2.35. The van der Waals surface area contributed by atoms with Gasteiger partial charge in [0.25, 0.3) is 0 Å². The van der Waals surface area contributed by atoms with Crippen LogP contribution in [0.15, 0.2) is 41.1 Å². The zero-order valence-electron chi connectivity index (χ0n) is 12.5. The number of benzene rings is 1. The highest BCUT2D eigenvalue weighted by Crippen LogP contribution is 2.19. The smallest absolute Gasteiger partial charge is 0.327 e. The van der Waals surface area contributed by atoms with Crippen LogP contribution in [0.4, 0.5) is 4.39 Å². The zero-order valence-corrected chi connectivity index (χ0v) is 13.3. The summed E-state index contributed by atoms with van der Waals surface area (Å²) >= 11 is 1.61. The summed E-state index contributed by atoms with van der Waals surface area (Å²) in [4.78, 5) is 12.9. The summed E-state index contributed by atoms with van der Waals surface area (Å²) < 4.78 is 18.1. The van der Waals surface area contributed by atoms with Crippen LogP contribution >= 0.6 is 11.8 Å². The third kappa shape index (κ3) is 5.89. The molecule has 5 heteroatoms. The van der Waals surface area contributed by atoms with Crippen molar-refractivity contribution in [1.82, 2.24) is 0 Å². The van der Waals surface area contributed by atoms with Crippen molar-refractivity contribution in [3.05, 3.63) is 41.7 Å². The molecule has 1 unspecified atom stereocenters. The van der Waals surface area contributed by atoms with Crippen molar-refractivity contribution in [2.24, 2.45) is 5.73 Å². The van der Waals surface area contributed by atoms with Crippen LogP contribution in [0, 0.1) is 0 Å². The lowest BCUT2D eigenvalue weighted by Gasteiger charge is -2.14. The highest BCUT2D eigenvalue weighted by molar-refractivity contribution is 7.98. The molecule has 0 bridgehead atoms. The quantitative estimate of drug-likeness (QED) is 0.454. The number of hydrogen-bond acceptors (Lipinski definition) is 4. The molecule has 0 amide bonds. The minimum Gasteiger partial charge on any atom is -0.464 e. The van der Waals surface area contributed by atoms with Crippen molar-refractivity contribution < 1.29 is 13.9 Å². The average molecular weight is 311 g/mol. The van der Waals surface area contributed by atoms with Gasteiger partial charge in [-0.2, -0.15) is 0 Å². The van der Waals surface area contributed by atoms with Gasteiger partial charge in [-0.15, -0.1) is 11.8 Å². The van der Waals surface area contributed by atoms with Crippen LogP contribution in [-0.4, -0.2) is 24.9 Å². The number of carbonyl (C=O) groups excluding carboxylic acids is 1. The van der Waals surface area contributed by atoms with Gasteiger partial charge >= 0.3 is 5.97 Å². The van der Waals surface area contributed by atoms with E-state index in [9.17, 15) is 9.18 Å². The van der Waals surface area contributed by atoms with E-state index in [1.807, 2.05) is 37.4 Å². The first kappa shape index (κ1) is 17.7. The van der Waals surface area contributed by atoms with Crippen LogP contribution in [0.2, 0.25) is 0 Å². The number of esters is 1. The van der Waals surface area contributed by atoms with Crippen LogP contribution in [0.25, 0.3) is 0 Å². The van der Waals surface area contributed by atoms with E-state index in [1.165, 1.54) is 0 Å². The zero-order chi connectivity index (χ0) is 15.7. The molecule has 0 fully saturated rings. The predicted octanol–water partition coefficient (Wildman–Crippen LogP) is 3.48. The van der Waals surface area contributed by atoms with E-state index in [-0.39, 0.29) is 5.57 Å². The van der Waals surface area contributed by atoms with Gasteiger partial charge in [0.1, 0.15) is 6.04 Å². The third-order valence-corrected chi connectivity index (χ3v) is 3.80. The number of thioether (sulfide) groups is 1. The molecule has 0 aliphatic heterocycles. The molecular formula is C16H22FNO2S. The minimum absolute atomic E-state index is 0.231. The summed E-state index contributed by atoms with van der Waals surface area (Å²) in [6.07, 6.45) is 4.40. The molecular weight excluding hydrogens is 289 g/mol. The molecule has 1 aromatic rings. The van der Waals surface area contributed by atoms with Crippen LogP contribution in [-0.2, 0) is 16.0 Å². The van der Waals surface area contributed by atoms with Gasteiger partial charge in [0.05, 0.1) is 12.9 Å². The Morgan fingerprint density at radius 2 is 2.29 bits per heavy atom. The standard InChI is InChI=1S/C16H22FNO2S/c1-3-4-8-20-16(19)15(18)13(11-17)9-12-6-5-7-14(10-12)21-2/h5-7,10-11,15H,3-4,8-9,18H2,1-2H3/b13-11+. The second kappa shape index (κ2) is 9.58. The largest absolute Gasteiger partial charge is 0.464 e. The highest BCUT2D eigenvalue weighted by Gasteiger charge is 2.20. The lowest BCUT2D eigenvalue weighted by atomic mass is 10.0. The van der Waals surface area contributed by atoms with Crippen LogP contribution in [0.1, 0.15) is 25.3 Å². The SMILES string of the molecule is CCCCOC(=O)C(N)/C(=C/F)Cc1cccc(SC)c1. The van der Waals surface area contributed by atoms with Crippen molar-refractivity contribution in [3.63, 3.8) is 0 Å². The molecule has 2 N–H and O–H groups in total. The summed E-state index contributed by atoms with van der Waals surface area (Å²) in [5, 5.41) is 0. The van der Waals surface area contributed by atoms with E-state index in [2.05, 4.69) is 0 Å². The maximum atomic E-state index is 13.1. The highest BCUT2D eigenvalue weighted by atomic mass is 32.2. The Morgan fingerprint density at radius 1 is 1.52 bits per heavy atom. The van der Waals surface area contributed by atoms with E-state index in [0.717, 1.165) is 23.3 Å². The van der Waals surface area contributed by atoms with Crippen molar-refractivity contribution in [2.45, 2.75) is 37.1 Å². The third-order valence-electron chi connectivity index (χ3n) is 3.08. The first-order valence-electron chi connectivity index (χ1n) is 6.96. The topological polar surface area (TPSA) is 52.3 Å². The fraction of sp³-hybridized carbons (Fsp3) is 0.438. The fourth-order valence-corrected chi connectivity index (χ4v) is 2.28. The van der Waals surface area contributed by atoms with Crippen molar-refractivity contribution in [2.75, 3.05) is 12.9 Å². The Balaban J connectivity index is 2.67. The summed E-state index contributed by atoms with van der Waals surface area (Å²) in [6, 6.07) is 6.68. The molecule has 0 spiro atoms. The molecule has 116 valence electrons. The number of hydrogen-bond donors (Lipinski definition) is 1. The molecule has 0 aliphatic rings. The minimum atomic E-state index is -1.05. The molecule has 0 radical (unpaired) electrons. The molecule has 3 nitrogen and oxygen atoms in total. The number of rotatable bonds is 8. The Hall–Kier alpha value is -1.33. The number of halogens is 1. The van der Waals surface area contributed by atoms with E-state index in [0.29, 0.717) is 19.4 Å². The number of ether oxygens (including phenoxy) is 1. The normalized spacial score (nSPS) is 13.0. The van der Waals surface area contributed by atoms with Gasteiger partial charge in [-0.1, -0.05) is 25.5 Å². The first-order chi connectivity index (χ1) is 10.1. The number of unbranched alkanes of at least 4 members (excludes halogenated alkanes) is 1. The van der Waals surface area contributed by atoms with Gasteiger partial charge in [0.15, 0.2) is 0 Å². The predicted molar refractivity (Wildman–Crippen MR) is 85.0 cm³/mol. The molecule has 1 rings (SSSR count). The van der Waals surface area contributed by atoms with Gasteiger partial charge in [0, 0.05) is 4.90 Å². The average Bonchev–Trinajstić information content (AvgIpc) is 2.52. The molecule has 0 aliphatic carbocycles. The summed E-state index contributed by atoms with van der Waals surface area (Å²) in [5.41, 5.74) is 6.93. The second-order valence-electron chi connectivity index (χ2n) is 4.71. The molecule has 1 aromatic carbocycles. The maximum Gasteiger partial charge on any atom is 0.327 e. The maximum absolute atomic E-state index is 13.1. The molecule has 1 atom stereocenters. The van der Waals surface area contributed by atoms with Gasteiger partial charge in [-0.25, -0.2) is 4.39 Å². The van der Waals surface area contributed by atoms with Gasteiger partial charge in [0.2, 0.25) is 0 Å². The van der Waals surface area contributed by atoms with Gasteiger partial charge < -0.3 is 10.5 Å². The lowest BCUT2D eigenvalue weighted by molar-refractivity contribution is -0.144. The summed E-state index contributed by atoms with van der Waals surface area (Å²) in [6.45, 7) is 2.32. The molecule has 0 aromatic heterocycles. The number of nitrogens with two attached hydrogens (primary N) is 1. The fourth-order valence-electron chi connectivity index (χ4n) is 1.79. The molecule has 21 heavy (non-hydrogen) atoms. The Kier molecular flexibility index (Phi) is 8.08. The molecule has 0 saturated heterocycles. The second-order valence-corrected chi connectivity index (χ2v) is 5.59. The molecule has 0 heterocycles. The summed E-state index contributed by atoms with van der Waals surface area (Å²) in [7, 11) is 0. The van der Waals surface area contributed by atoms with E-state index < -0.39 is 12.0 Å². The van der Waals surface area contributed by atoms with Crippen LogP contribution < -0.4 is 5.73 Å². The Morgan fingerprint density at radius 3 is 2.90 bits per heavy atom. The van der Waals surface area contributed by atoms with Gasteiger partial charge in [-0.05, 0) is 42.4 Å². The van der Waals surface area contributed by atoms with Crippen LogP contribution in [0.3, 0.4) is 0 Å². The Bertz CT molecular complexity index is 491. The molecule has 0 saturated carbocycles. The Labute approximate surface area is 129 Å². The van der Waals surface area contributed by atoms with Crippen molar-refractivity contribution in [3.8, 4) is 0 Å². The first-order valence-corrected chi connectivity index (χ1v) is 8.19. The van der Waals surface area contributed by atoms with E-state index in [1.54, 1.807) is 11.8 Å². The van der Waals surface area contributed by atoms with Crippen LogP contribution in [0.5, 0.6) is 0 Å². The number of carbonyl (C=O) groups is 1. The van der Waals surface area contributed by atoms with Gasteiger partial charge in [-0.3, -0.25) is 4.79 Å². The van der Waals surface area contributed by atoms with E-state index in [4.69, 9.17) is 10.5 Å². The van der Waals surface area contributed by atoms with E-state index >= 15 is 0 Å².